The van der Waals surface area contributed by atoms with Crippen LogP contribution >= 0.6 is 12.6 Å². The van der Waals surface area contributed by atoms with E-state index in [1.165, 1.54) is 44.6 Å². The molecule has 0 aromatic rings. The first-order valence-corrected chi connectivity index (χ1v) is 6.17. The second-order valence-corrected chi connectivity index (χ2v) is 4.79. The summed E-state index contributed by atoms with van der Waals surface area (Å²) in [4.78, 5) is 5.17. The normalized spacial score (nSPS) is 29.1. The minimum atomic E-state index is 0.824. The largest absolute Gasteiger partial charge is 0.298 e. The number of nitrogens with zero attached hydrogens (tertiary/aromatic N) is 2. The van der Waals surface area contributed by atoms with Gasteiger partial charge >= 0.3 is 0 Å². The molecule has 14 heavy (non-hydrogen) atoms. The number of piperazine rings is 1. The van der Waals surface area contributed by atoms with Gasteiger partial charge in [-0.3, -0.25) is 9.80 Å². The molecular formula is C11H20N2S. The fourth-order valence-corrected chi connectivity index (χ4v) is 2.67. The van der Waals surface area contributed by atoms with Crippen LogP contribution in [0.4, 0.5) is 0 Å². The summed E-state index contributed by atoms with van der Waals surface area (Å²) in [6, 6.07) is 0.830. The Hall–Kier alpha value is 0.01000. The molecule has 80 valence electrons. The molecule has 2 rings (SSSR count). The van der Waals surface area contributed by atoms with Crippen molar-refractivity contribution in [2.75, 3.05) is 38.5 Å². The first-order chi connectivity index (χ1) is 6.79. The quantitative estimate of drug-likeness (QED) is 0.556. The summed E-state index contributed by atoms with van der Waals surface area (Å²) >= 11 is 4.25. The Morgan fingerprint density at radius 2 is 2.21 bits per heavy atom. The van der Waals surface area contributed by atoms with Crippen molar-refractivity contribution >= 4 is 12.6 Å². The fraction of sp³-hybridized carbons (Fsp3) is 0.818. The summed E-state index contributed by atoms with van der Waals surface area (Å²) in [5.74, 6) is 0.824. The zero-order valence-electron chi connectivity index (χ0n) is 8.78. The number of fused-ring (bicyclic) bond motifs is 1. The summed E-state index contributed by atoms with van der Waals surface area (Å²) in [5.41, 5.74) is 1.25. The molecule has 0 radical (unpaired) electrons. The number of hydrogen-bond acceptors (Lipinski definition) is 3. The third-order valence-corrected chi connectivity index (χ3v) is 3.79. The van der Waals surface area contributed by atoms with E-state index in [0.717, 1.165) is 18.3 Å². The van der Waals surface area contributed by atoms with Crippen molar-refractivity contribution < 1.29 is 0 Å². The first kappa shape index (κ1) is 10.5. The van der Waals surface area contributed by atoms with Gasteiger partial charge in [0.2, 0.25) is 0 Å². The second kappa shape index (κ2) is 4.69. The van der Waals surface area contributed by atoms with Crippen LogP contribution in [0.25, 0.3) is 0 Å². The van der Waals surface area contributed by atoms with E-state index in [0.29, 0.717) is 0 Å². The van der Waals surface area contributed by atoms with Crippen LogP contribution in [-0.4, -0.2) is 54.3 Å². The Kier molecular flexibility index (Phi) is 3.52. The van der Waals surface area contributed by atoms with Gasteiger partial charge in [0.15, 0.2) is 0 Å². The molecule has 2 fully saturated rings. The molecule has 1 unspecified atom stereocenters. The molecule has 0 N–H and O–H groups in total. The molecule has 0 aromatic heterocycles. The summed E-state index contributed by atoms with van der Waals surface area (Å²) in [6.45, 7) is 10.1. The average molecular weight is 212 g/mol. The smallest absolute Gasteiger partial charge is 0.0224 e. The Morgan fingerprint density at radius 1 is 1.36 bits per heavy atom. The molecule has 0 saturated carbocycles. The SMILES string of the molecule is C=C(CS)CN1CCN2CCCC2C1. The van der Waals surface area contributed by atoms with Crippen LogP contribution < -0.4 is 0 Å². The molecular weight excluding hydrogens is 192 g/mol. The van der Waals surface area contributed by atoms with Gasteiger partial charge in [0.25, 0.3) is 0 Å². The van der Waals surface area contributed by atoms with Crippen LogP contribution in [0.15, 0.2) is 12.2 Å². The summed E-state index contributed by atoms with van der Waals surface area (Å²) in [5, 5.41) is 0. The molecule has 0 amide bonds. The molecule has 0 aliphatic carbocycles. The third kappa shape index (κ3) is 2.33. The molecule has 2 aliphatic rings. The van der Waals surface area contributed by atoms with E-state index in [9.17, 15) is 0 Å². The zero-order chi connectivity index (χ0) is 9.97. The van der Waals surface area contributed by atoms with Crippen LogP contribution in [0.5, 0.6) is 0 Å². The minimum Gasteiger partial charge on any atom is -0.298 e. The van der Waals surface area contributed by atoms with Gasteiger partial charge in [0.1, 0.15) is 0 Å². The number of rotatable bonds is 3. The molecule has 0 bridgehead atoms. The standard InChI is InChI=1S/C11H20N2S/c1-10(9-14)7-12-5-6-13-4-2-3-11(13)8-12/h11,14H,1-9H2. The Morgan fingerprint density at radius 3 is 3.00 bits per heavy atom. The van der Waals surface area contributed by atoms with E-state index in [1.807, 2.05) is 0 Å². The van der Waals surface area contributed by atoms with Crippen molar-refractivity contribution in [3.05, 3.63) is 12.2 Å². The van der Waals surface area contributed by atoms with Gasteiger partial charge in [-0.25, -0.2) is 0 Å². The van der Waals surface area contributed by atoms with Crippen LogP contribution in [-0.2, 0) is 0 Å². The molecule has 2 saturated heterocycles. The minimum absolute atomic E-state index is 0.824. The molecule has 3 heteroatoms. The summed E-state index contributed by atoms with van der Waals surface area (Å²) in [7, 11) is 0. The summed E-state index contributed by atoms with van der Waals surface area (Å²) < 4.78 is 0. The zero-order valence-corrected chi connectivity index (χ0v) is 9.68. The predicted molar refractivity (Wildman–Crippen MR) is 64.0 cm³/mol. The monoisotopic (exact) mass is 212 g/mol. The van der Waals surface area contributed by atoms with Crippen molar-refractivity contribution in [2.45, 2.75) is 18.9 Å². The van der Waals surface area contributed by atoms with Gasteiger partial charge in [0.05, 0.1) is 0 Å². The third-order valence-electron chi connectivity index (χ3n) is 3.34. The topological polar surface area (TPSA) is 6.48 Å². The summed E-state index contributed by atoms with van der Waals surface area (Å²) in [6.07, 6.45) is 2.79. The van der Waals surface area contributed by atoms with Gasteiger partial charge in [-0.1, -0.05) is 12.2 Å². The van der Waals surface area contributed by atoms with Gasteiger partial charge in [0, 0.05) is 38.0 Å². The lowest BCUT2D eigenvalue weighted by Crippen LogP contribution is -2.50. The number of thiol groups is 1. The molecule has 0 spiro atoms. The predicted octanol–water partition coefficient (Wildman–Crippen LogP) is 1.25. The Labute approximate surface area is 92.4 Å². The van der Waals surface area contributed by atoms with Crippen molar-refractivity contribution in [1.29, 1.82) is 0 Å². The van der Waals surface area contributed by atoms with Crippen molar-refractivity contribution in [2.24, 2.45) is 0 Å². The highest BCUT2D eigenvalue weighted by atomic mass is 32.1. The van der Waals surface area contributed by atoms with Gasteiger partial charge in [-0.2, -0.15) is 12.6 Å². The van der Waals surface area contributed by atoms with Crippen LogP contribution in [0, 0.1) is 0 Å². The molecule has 2 heterocycles. The average Bonchev–Trinajstić information content (AvgIpc) is 2.64. The maximum atomic E-state index is 4.25. The maximum Gasteiger partial charge on any atom is 0.0224 e. The van der Waals surface area contributed by atoms with Crippen molar-refractivity contribution in [1.82, 2.24) is 9.80 Å². The van der Waals surface area contributed by atoms with E-state index in [1.54, 1.807) is 0 Å². The molecule has 0 aromatic carbocycles. The molecule has 2 nitrogen and oxygen atoms in total. The van der Waals surface area contributed by atoms with Crippen molar-refractivity contribution in [3.8, 4) is 0 Å². The highest BCUT2D eigenvalue weighted by Crippen LogP contribution is 2.21. The first-order valence-electron chi connectivity index (χ1n) is 5.53. The lowest BCUT2D eigenvalue weighted by molar-refractivity contribution is 0.112. The van der Waals surface area contributed by atoms with Gasteiger partial charge in [-0.15, -0.1) is 0 Å². The maximum absolute atomic E-state index is 4.25. The molecule has 1 atom stereocenters. The highest BCUT2D eigenvalue weighted by molar-refractivity contribution is 7.80. The lowest BCUT2D eigenvalue weighted by atomic mass is 10.1. The second-order valence-electron chi connectivity index (χ2n) is 4.48. The van der Waals surface area contributed by atoms with Crippen molar-refractivity contribution in [3.63, 3.8) is 0 Å². The van der Waals surface area contributed by atoms with E-state index in [4.69, 9.17) is 0 Å². The lowest BCUT2D eigenvalue weighted by Gasteiger charge is -2.37. The van der Waals surface area contributed by atoms with Crippen LogP contribution in [0.2, 0.25) is 0 Å². The van der Waals surface area contributed by atoms with Gasteiger partial charge in [-0.05, 0) is 19.4 Å². The van der Waals surface area contributed by atoms with E-state index in [2.05, 4.69) is 29.0 Å². The molecule has 2 aliphatic heterocycles. The van der Waals surface area contributed by atoms with Crippen LogP contribution in [0.1, 0.15) is 12.8 Å². The fourth-order valence-electron chi connectivity index (χ4n) is 2.57. The highest BCUT2D eigenvalue weighted by Gasteiger charge is 2.30. The Balaban J connectivity index is 1.82. The van der Waals surface area contributed by atoms with Gasteiger partial charge < -0.3 is 0 Å². The number of hydrogen-bond donors (Lipinski definition) is 1. The van der Waals surface area contributed by atoms with E-state index < -0.39 is 0 Å². The van der Waals surface area contributed by atoms with E-state index >= 15 is 0 Å². The van der Waals surface area contributed by atoms with E-state index in [-0.39, 0.29) is 0 Å². The Bertz CT molecular complexity index is 217. The van der Waals surface area contributed by atoms with Crippen LogP contribution in [0.3, 0.4) is 0 Å².